The first kappa shape index (κ1) is 17.9. The van der Waals surface area contributed by atoms with Crippen LogP contribution >= 0.6 is 0 Å². The van der Waals surface area contributed by atoms with E-state index < -0.39 is 17.9 Å². The van der Waals surface area contributed by atoms with E-state index in [1.165, 1.54) is 19.3 Å². The molecule has 0 aliphatic carbocycles. The number of hydrogen-bond acceptors (Lipinski definition) is 2. The molecule has 4 heteroatoms. The van der Waals surface area contributed by atoms with Gasteiger partial charge in [-0.1, -0.05) is 59.3 Å². The van der Waals surface area contributed by atoms with E-state index in [0.717, 1.165) is 19.3 Å². The van der Waals surface area contributed by atoms with E-state index >= 15 is 0 Å². The highest BCUT2D eigenvalue weighted by Crippen LogP contribution is 2.36. The fraction of sp³-hybridized carbons (Fsp3) is 0.867. The Labute approximate surface area is 116 Å². The molecule has 0 rings (SSSR count). The fourth-order valence-corrected chi connectivity index (χ4v) is 2.66. The van der Waals surface area contributed by atoms with Crippen LogP contribution in [-0.2, 0) is 9.59 Å². The molecule has 0 aliphatic heterocycles. The summed E-state index contributed by atoms with van der Waals surface area (Å²) in [6, 6.07) is 0. The van der Waals surface area contributed by atoms with Gasteiger partial charge in [-0.3, -0.25) is 9.59 Å². The van der Waals surface area contributed by atoms with E-state index in [9.17, 15) is 9.59 Å². The molecule has 2 N–H and O–H groups in total. The van der Waals surface area contributed by atoms with Gasteiger partial charge in [-0.25, -0.2) is 0 Å². The van der Waals surface area contributed by atoms with E-state index in [-0.39, 0.29) is 6.42 Å². The van der Waals surface area contributed by atoms with Gasteiger partial charge in [0.05, 0.1) is 0 Å². The highest BCUT2D eigenvalue weighted by Gasteiger charge is 2.25. The largest absolute Gasteiger partial charge is 0.481 e. The van der Waals surface area contributed by atoms with Crippen molar-refractivity contribution >= 4 is 11.9 Å². The maximum Gasteiger partial charge on any atom is 0.317 e. The van der Waals surface area contributed by atoms with Crippen LogP contribution in [0, 0.1) is 11.3 Å². The van der Waals surface area contributed by atoms with Gasteiger partial charge < -0.3 is 10.2 Å². The lowest BCUT2D eigenvalue weighted by atomic mass is 9.75. The number of carbonyl (C=O) groups is 2. The summed E-state index contributed by atoms with van der Waals surface area (Å²) in [5.41, 5.74) is 0.416. The van der Waals surface area contributed by atoms with Crippen LogP contribution in [0.25, 0.3) is 0 Å². The van der Waals surface area contributed by atoms with Crippen LogP contribution in [0.15, 0.2) is 0 Å². The number of carboxylic acid groups (broad SMARTS) is 2. The predicted molar refractivity (Wildman–Crippen MR) is 75.2 cm³/mol. The first-order chi connectivity index (χ1) is 8.92. The lowest BCUT2D eigenvalue weighted by Gasteiger charge is -2.30. The smallest absolute Gasteiger partial charge is 0.317 e. The van der Waals surface area contributed by atoms with Gasteiger partial charge >= 0.3 is 11.9 Å². The van der Waals surface area contributed by atoms with Crippen molar-refractivity contribution in [2.45, 2.75) is 72.1 Å². The summed E-state index contributed by atoms with van der Waals surface area (Å²) in [4.78, 5) is 21.4. The quantitative estimate of drug-likeness (QED) is 0.441. The molecule has 0 saturated heterocycles. The first-order valence-corrected chi connectivity index (χ1v) is 7.38. The molecule has 112 valence electrons. The SMILES string of the molecule is CCC(CC)(CC)CCCCCC(C(=O)O)C(=O)O. The van der Waals surface area contributed by atoms with E-state index in [4.69, 9.17) is 10.2 Å². The fourth-order valence-electron chi connectivity index (χ4n) is 2.66. The third-order valence-corrected chi connectivity index (χ3v) is 4.55. The summed E-state index contributed by atoms with van der Waals surface area (Å²) < 4.78 is 0. The van der Waals surface area contributed by atoms with Gasteiger partial charge in [-0.05, 0) is 18.3 Å². The Morgan fingerprint density at radius 1 is 0.895 bits per heavy atom. The zero-order chi connectivity index (χ0) is 14.9. The van der Waals surface area contributed by atoms with Gasteiger partial charge in [0.1, 0.15) is 0 Å². The summed E-state index contributed by atoms with van der Waals surface area (Å²) in [6.45, 7) is 6.66. The standard InChI is InChI=1S/C15H28O4/c1-4-15(5-2,6-3)11-9-7-8-10-12(13(16)17)14(18)19/h12H,4-11H2,1-3H3,(H,16,17)(H,18,19). The van der Waals surface area contributed by atoms with Crippen molar-refractivity contribution in [3.63, 3.8) is 0 Å². The van der Waals surface area contributed by atoms with Crippen molar-refractivity contribution in [2.75, 3.05) is 0 Å². The van der Waals surface area contributed by atoms with Crippen molar-refractivity contribution in [1.82, 2.24) is 0 Å². The Bertz CT molecular complexity index is 260. The topological polar surface area (TPSA) is 74.6 Å². The molecule has 0 atom stereocenters. The van der Waals surface area contributed by atoms with Gasteiger partial charge in [0.2, 0.25) is 0 Å². The van der Waals surface area contributed by atoms with Crippen LogP contribution in [0.2, 0.25) is 0 Å². The first-order valence-electron chi connectivity index (χ1n) is 7.38. The molecule has 0 heterocycles. The maximum atomic E-state index is 10.7. The normalized spacial score (nSPS) is 11.8. The van der Waals surface area contributed by atoms with Crippen LogP contribution < -0.4 is 0 Å². The molecule has 0 aromatic carbocycles. The molecule has 0 fully saturated rings. The molecule has 4 nitrogen and oxygen atoms in total. The van der Waals surface area contributed by atoms with Crippen LogP contribution in [-0.4, -0.2) is 22.2 Å². The molecular weight excluding hydrogens is 244 g/mol. The highest BCUT2D eigenvalue weighted by molar-refractivity contribution is 5.92. The summed E-state index contributed by atoms with van der Waals surface area (Å²) in [5, 5.41) is 17.5. The molecule has 0 amide bonds. The Balaban J connectivity index is 3.98. The van der Waals surface area contributed by atoms with Gasteiger partial charge in [0.15, 0.2) is 5.92 Å². The van der Waals surface area contributed by atoms with Gasteiger partial charge in [-0.15, -0.1) is 0 Å². The minimum absolute atomic E-state index is 0.238. The van der Waals surface area contributed by atoms with Crippen molar-refractivity contribution in [2.24, 2.45) is 11.3 Å². The molecule has 0 aromatic rings. The second-order valence-corrected chi connectivity index (χ2v) is 5.39. The second-order valence-electron chi connectivity index (χ2n) is 5.39. The molecule has 0 unspecified atom stereocenters. The summed E-state index contributed by atoms with van der Waals surface area (Å²) >= 11 is 0. The number of unbranched alkanes of at least 4 members (excludes halogenated alkanes) is 2. The molecule has 0 aliphatic rings. The highest BCUT2D eigenvalue weighted by atomic mass is 16.4. The van der Waals surface area contributed by atoms with Gasteiger partial charge in [-0.2, -0.15) is 0 Å². The van der Waals surface area contributed by atoms with Crippen LogP contribution in [0.3, 0.4) is 0 Å². The summed E-state index contributed by atoms with van der Waals surface area (Å²) in [6.07, 6.45) is 7.56. The average Bonchev–Trinajstić information content (AvgIpc) is 2.38. The van der Waals surface area contributed by atoms with Crippen molar-refractivity contribution in [1.29, 1.82) is 0 Å². The van der Waals surface area contributed by atoms with E-state index in [2.05, 4.69) is 20.8 Å². The predicted octanol–water partition coefficient (Wildman–Crippen LogP) is 3.94. The van der Waals surface area contributed by atoms with E-state index in [0.29, 0.717) is 11.8 Å². The van der Waals surface area contributed by atoms with Crippen molar-refractivity contribution in [3.8, 4) is 0 Å². The number of rotatable bonds is 11. The minimum atomic E-state index is -1.24. The Morgan fingerprint density at radius 2 is 1.37 bits per heavy atom. The second kappa shape index (κ2) is 8.94. The van der Waals surface area contributed by atoms with Crippen LogP contribution in [0.5, 0.6) is 0 Å². The summed E-state index contributed by atoms with van der Waals surface area (Å²) in [5.74, 6) is -3.69. The molecule has 0 saturated carbocycles. The number of carboxylic acids is 2. The Kier molecular flexibility index (Phi) is 8.44. The van der Waals surface area contributed by atoms with Crippen molar-refractivity contribution in [3.05, 3.63) is 0 Å². The monoisotopic (exact) mass is 272 g/mol. The lowest BCUT2D eigenvalue weighted by Crippen LogP contribution is -2.23. The zero-order valence-electron chi connectivity index (χ0n) is 12.4. The maximum absolute atomic E-state index is 10.7. The third-order valence-electron chi connectivity index (χ3n) is 4.55. The molecular formula is C15H28O4. The van der Waals surface area contributed by atoms with Crippen molar-refractivity contribution < 1.29 is 19.8 Å². The van der Waals surface area contributed by atoms with Gasteiger partial charge in [0, 0.05) is 0 Å². The van der Waals surface area contributed by atoms with Crippen LogP contribution in [0.1, 0.15) is 72.1 Å². The summed E-state index contributed by atoms with van der Waals surface area (Å²) in [7, 11) is 0. The van der Waals surface area contributed by atoms with E-state index in [1.807, 2.05) is 0 Å². The molecule has 0 radical (unpaired) electrons. The minimum Gasteiger partial charge on any atom is -0.481 e. The van der Waals surface area contributed by atoms with E-state index in [1.54, 1.807) is 0 Å². The molecule has 19 heavy (non-hydrogen) atoms. The van der Waals surface area contributed by atoms with Crippen LogP contribution in [0.4, 0.5) is 0 Å². The number of hydrogen-bond donors (Lipinski definition) is 2. The third kappa shape index (κ3) is 6.08. The molecule has 0 aromatic heterocycles. The average molecular weight is 272 g/mol. The number of aliphatic carboxylic acids is 2. The zero-order valence-corrected chi connectivity index (χ0v) is 12.4. The molecule has 0 spiro atoms. The Morgan fingerprint density at radius 3 is 1.74 bits per heavy atom. The molecule has 0 bridgehead atoms. The lowest BCUT2D eigenvalue weighted by molar-refractivity contribution is -0.154. The Hall–Kier alpha value is -1.06. The van der Waals surface area contributed by atoms with Gasteiger partial charge in [0.25, 0.3) is 0 Å².